The molecule has 0 bridgehead atoms. The average Bonchev–Trinajstić information content (AvgIpc) is 2.21. The molecule has 0 aliphatic carbocycles. The Hall–Kier alpha value is 0.737. The minimum Gasteiger partial charge on any atom is -0.121 e. The van der Waals surface area contributed by atoms with Gasteiger partial charge in [0.05, 0.1) is 0 Å². The van der Waals surface area contributed by atoms with Crippen molar-refractivity contribution in [3.8, 4) is 0 Å². The van der Waals surface area contributed by atoms with Crippen molar-refractivity contribution in [2.45, 2.75) is 78.6 Å². The van der Waals surface area contributed by atoms with Gasteiger partial charge in [0.25, 0.3) is 0 Å². The minimum atomic E-state index is -2.74. The summed E-state index contributed by atoms with van der Waals surface area (Å²) >= 11 is 19.0. The van der Waals surface area contributed by atoms with E-state index in [-0.39, 0.29) is 24.4 Å². The van der Waals surface area contributed by atoms with Gasteiger partial charge in [-0.15, -0.1) is 33.2 Å². The average molecular weight is 412 g/mol. The lowest BCUT2D eigenvalue weighted by Crippen LogP contribution is -2.32. The Morgan fingerprint density at radius 2 is 1.04 bits per heavy atom. The predicted octanol–water partition coefficient (Wildman–Crippen LogP) is 7.03. The summed E-state index contributed by atoms with van der Waals surface area (Å²) < 4.78 is 0. The van der Waals surface area contributed by atoms with Crippen molar-refractivity contribution in [2.24, 2.45) is 0 Å². The van der Waals surface area contributed by atoms with Gasteiger partial charge in [0, 0.05) is 0 Å². The van der Waals surface area contributed by atoms with Gasteiger partial charge in [-0.05, 0) is 38.2 Å². The molecule has 0 saturated carbocycles. The van der Waals surface area contributed by atoms with Crippen LogP contribution in [0.5, 0.6) is 0 Å². The molecule has 0 heterocycles. The van der Waals surface area contributed by atoms with Gasteiger partial charge >= 0.3 is 5.67 Å². The third-order valence-corrected chi connectivity index (χ3v) is 9.11. The van der Waals surface area contributed by atoms with Gasteiger partial charge in [-0.25, -0.2) is 0 Å². The van der Waals surface area contributed by atoms with Crippen molar-refractivity contribution in [1.29, 1.82) is 0 Å². The van der Waals surface area contributed by atoms with Gasteiger partial charge in [-0.3, -0.25) is 0 Å². The van der Waals surface area contributed by atoms with Gasteiger partial charge in [-0.2, -0.15) is 0 Å². The third-order valence-electron chi connectivity index (χ3n) is 3.89. The van der Waals surface area contributed by atoms with Crippen molar-refractivity contribution in [1.82, 2.24) is 0 Å². The van der Waals surface area contributed by atoms with Crippen LogP contribution in [0.1, 0.15) is 79.0 Å². The standard InChI is InChI=1S/C18H30Cl3PSi/c1-16(2,3)12-10-13(17(4,5)6)15(22-23(19,20)21)14(11-12)18(7,8)9/h10-11,22H,1-9H3. The van der Waals surface area contributed by atoms with Crippen LogP contribution in [0.25, 0.3) is 0 Å². The van der Waals surface area contributed by atoms with E-state index in [1.165, 1.54) is 22.0 Å². The Labute approximate surface area is 159 Å². The molecule has 0 nitrogen and oxygen atoms in total. The maximum Gasteiger partial charge on any atom is 0.367 e. The smallest absolute Gasteiger partial charge is 0.121 e. The molecule has 23 heavy (non-hydrogen) atoms. The highest BCUT2D eigenvalue weighted by Crippen LogP contribution is 2.44. The number of hydrogen-bond donors (Lipinski definition) is 0. The van der Waals surface area contributed by atoms with Crippen LogP contribution in [-0.2, 0) is 16.2 Å². The first kappa shape index (κ1) is 21.8. The molecular formula is C18H30Cl3PSi. The van der Waals surface area contributed by atoms with Gasteiger partial charge in [0.2, 0.25) is 0 Å². The molecular weight excluding hydrogens is 382 g/mol. The second-order valence-electron chi connectivity index (χ2n) is 9.32. The molecule has 1 aromatic rings. The molecule has 1 unspecified atom stereocenters. The van der Waals surface area contributed by atoms with E-state index in [0.29, 0.717) is 0 Å². The van der Waals surface area contributed by atoms with Crippen molar-refractivity contribution in [3.05, 3.63) is 28.8 Å². The first-order chi connectivity index (χ1) is 9.93. The van der Waals surface area contributed by atoms with Crippen molar-refractivity contribution in [2.75, 3.05) is 0 Å². The molecule has 5 heteroatoms. The summed E-state index contributed by atoms with van der Waals surface area (Å²) in [7, 11) is 0.274. The van der Waals surface area contributed by atoms with E-state index in [1.54, 1.807) is 0 Å². The van der Waals surface area contributed by atoms with Gasteiger partial charge < -0.3 is 0 Å². The summed E-state index contributed by atoms with van der Waals surface area (Å²) in [6, 6.07) is 4.67. The minimum absolute atomic E-state index is 0.0217. The van der Waals surface area contributed by atoms with Crippen LogP contribution in [0, 0.1) is 0 Å². The van der Waals surface area contributed by atoms with Gasteiger partial charge in [0.15, 0.2) is 0 Å². The lowest BCUT2D eigenvalue weighted by molar-refractivity contribution is 0.554. The van der Waals surface area contributed by atoms with Crippen molar-refractivity contribution >= 4 is 52.3 Å². The highest BCUT2D eigenvalue weighted by Gasteiger charge is 2.34. The van der Waals surface area contributed by atoms with Gasteiger partial charge in [-0.1, -0.05) is 82.6 Å². The zero-order valence-electron chi connectivity index (χ0n) is 15.8. The summed E-state index contributed by atoms with van der Waals surface area (Å²) in [6.07, 6.45) is 0. The Morgan fingerprint density at radius 1 is 0.696 bits per heavy atom. The maximum atomic E-state index is 6.32. The van der Waals surface area contributed by atoms with Gasteiger partial charge in [0.1, 0.15) is 0 Å². The van der Waals surface area contributed by atoms with Crippen LogP contribution in [0.4, 0.5) is 0 Å². The molecule has 0 saturated heterocycles. The highest BCUT2D eigenvalue weighted by molar-refractivity contribution is 8.13. The molecule has 1 atom stereocenters. The predicted molar refractivity (Wildman–Crippen MR) is 114 cm³/mol. The van der Waals surface area contributed by atoms with E-state index in [1.807, 2.05) is 0 Å². The first-order valence-corrected chi connectivity index (χ1v) is 15.0. The molecule has 0 aliphatic rings. The molecule has 0 spiro atoms. The van der Waals surface area contributed by atoms with E-state index in [2.05, 4.69) is 74.4 Å². The Balaban J connectivity index is 3.82. The second kappa shape index (κ2) is 6.80. The van der Waals surface area contributed by atoms with Crippen LogP contribution in [-0.4, -0.2) is 5.67 Å². The number of hydrogen-bond acceptors (Lipinski definition) is 0. The van der Waals surface area contributed by atoms with E-state index in [0.717, 1.165) is 0 Å². The van der Waals surface area contributed by atoms with E-state index < -0.39 is 5.67 Å². The molecule has 0 radical (unpaired) electrons. The topological polar surface area (TPSA) is 0 Å². The van der Waals surface area contributed by atoms with E-state index in [4.69, 9.17) is 33.2 Å². The maximum absolute atomic E-state index is 6.32. The van der Waals surface area contributed by atoms with Crippen LogP contribution < -0.4 is 5.30 Å². The zero-order valence-corrected chi connectivity index (χ0v) is 20.1. The molecule has 0 N–H and O–H groups in total. The summed E-state index contributed by atoms with van der Waals surface area (Å²) in [4.78, 5) is 0. The second-order valence-corrected chi connectivity index (χ2v) is 23.8. The van der Waals surface area contributed by atoms with Crippen LogP contribution >= 0.6 is 41.4 Å². The van der Waals surface area contributed by atoms with Crippen molar-refractivity contribution in [3.63, 3.8) is 0 Å². The van der Waals surface area contributed by atoms with Crippen LogP contribution in [0.3, 0.4) is 0 Å². The molecule has 0 amide bonds. The molecule has 0 aliphatic heterocycles. The fourth-order valence-electron chi connectivity index (χ4n) is 2.53. The molecule has 0 fully saturated rings. The molecule has 132 valence electrons. The molecule has 0 aromatic heterocycles. The van der Waals surface area contributed by atoms with E-state index >= 15 is 0 Å². The zero-order chi connectivity index (χ0) is 18.4. The fourth-order valence-corrected chi connectivity index (χ4v) is 8.19. The Kier molecular flexibility index (Phi) is 6.44. The highest BCUT2D eigenvalue weighted by atomic mass is 35.9. The Bertz CT molecular complexity index is 535. The monoisotopic (exact) mass is 410 g/mol. The largest absolute Gasteiger partial charge is 0.367 e. The number of benzene rings is 1. The SMILES string of the molecule is CC(C)(C)c1cc(C(C)(C)C)c(P[Si](Cl)(Cl)Cl)c(C(C)(C)C)c1. The summed E-state index contributed by atoms with van der Waals surface area (Å²) in [5.41, 5.74) is 1.41. The van der Waals surface area contributed by atoms with Crippen molar-refractivity contribution < 1.29 is 0 Å². The number of rotatable bonds is 2. The third kappa shape index (κ3) is 6.19. The lowest BCUT2D eigenvalue weighted by atomic mass is 9.75. The summed E-state index contributed by atoms with van der Waals surface area (Å²) in [5, 5.41) is 1.27. The lowest BCUT2D eigenvalue weighted by Gasteiger charge is -2.34. The molecule has 1 aromatic carbocycles. The van der Waals surface area contributed by atoms with Crippen LogP contribution in [0.15, 0.2) is 12.1 Å². The molecule has 1 rings (SSSR count). The first-order valence-electron chi connectivity index (χ1n) is 7.97. The summed E-state index contributed by atoms with van der Waals surface area (Å²) in [5.74, 6) is 0. The van der Waals surface area contributed by atoms with Crippen LogP contribution in [0.2, 0.25) is 0 Å². The summed E-state index contributed by atoms with van der Waals surface area (Å²) in [6.45, 7) is 20.2. The fraction of sp³-hybridized carbons (Fsp3) is 0.667. The van der Waals surface area contributed by atoms with E-state index in [9.17, 15) is 0 Å². The number of halogens is 3. The quantitative estimate of drug-likeness (QED) is 0.278. The normalized spacial score (nSPS) is 14.8. The Morgan fingerprint density at radius 3 is 1.26 bits per heavy atom.